The molecular weight excluding hydrogens is 843 g/mol. The molecule has 322 valence electrons. The molecule has 14 rings (SSSR count). The van der Waals surface area contributed by atoms with Crippen LogP contribution in [-0.2, 0) is 0 Å². The van der Waals surface area contributed by atoms with Gasteiger partial charge in [0.2, 0.25) is 0 Å². The first-order valence-corrected chi connectivity index (χ1v) is 23.3. The smallest absolute Gasteiger partial charge is 0.164 e. The summed E-state index contributed by atoms with van der Waals surface area (Å²) in [6.45, 7) is 0. The predicted molar refractivity (Wildman–Crippen MR) is 283 cm³/mol. The lowest BCUT2D eigenvalue weighted by atomic mass is 9.97. The first-order valence-electron chi connectivity index (χ1n) is 23.3. The monoisotopic (exact) mass is 881 g/mol. The van der Waals surface area contributed by atoms with E-state index in [2.05, 4.69) is 203 Å². The molecule has 6 nitrogen and oxygen atoms in total. The van der Waals surface area contributed by atoms with E-state index in [9.17, 15) is 0 Å². The van der Waals surface area contributed by atoms with Crippen molar-refractivity contribution in [2.45, 2.75) is 0 Å². The minimum Gasteiger partial charge on any atom is -0.455 e. The number of para-hydroxylation sites is 4. The van der Waals surface area contributed by atoms with Crippen molar-refractivity contribution in [1.82, 2.24) is 24.1 Å². The van der Waals surface area contributed by atoms with Gasteiger partial charge in [0.25, 0.3) is 0 Å². The van der Waals surface area contributed by atoms with E-state index < -0.39 is 0 Å². The van der Waals surface area contributed by atoms with Crippen LogP contribution in [0.2, 0.25) is 0 Å². The molecule has 0 fully saturated rings. The fourth-order valence-corrected chi connectivity index (χ4v) is 10.4. The zero-order valence-corrected chi connectivity index (χ0v) is 37.2. The van der Waals surface area contributed by atoms with Crippen LogP contribution in [0.15, 0.2) is 241 Å². The molecule has 0 N–H and O–H groups in total. The summed E-state index contributed by atoms with van der Waals surface area (Å²) in [5, 5.41) is 6.75. The van der Waals surface area contributed by atoms with E-state index >= 15 is 0 Å². The van der Waals surface area contributed by atoms with Gasteiger partial charge in [0.1, 0.15) is 11.2 Å². The van der Waals surface area contributed by atoms with Crippen LogP contribution in [0, 0.1) is 0 Å². The standard InChI is InChI=1S/C63H39N5O/c1-4-17-40(18-5-1)41-31-33-43(34-32-41)62-64-61(42-19-6-2-7-20-42)65-63(66-62)45-21-16-24-47(37-45)68-55-29-14-11-27-50(55)58-59(68)51(39-53-49-26-12-15-30-57(49)69-60(53)58)44-35-36-56-52(38-44)48-25-10-13-28-54(48)67(56)46-22-8-3-9-23-46/h1-39H. The van der Waals surface area contributed by atoms with Crippen LogP contribution < -0.4 is 0 Å². The van der Waals surface area contributed by atoms with Gasteiger partial charge in [0, 0.05) is 60.6 Å². The second-order valence-corrected chi connectivity index (χ2v) is 17.6. The third-order valence-corrected chi connectivity index (χ3v) is 13.6. The summed E-state index contributed by atoms with van der Waals surface area (Å²) in [6.07, 6.45) is 0. The second-order valence-electron chi connectivity index (χ2n) is 17.6. The van der Waals surface area contributed by atoms with Crippen molar-refractivity contribution in [2.24, 2.45) is 0 Å². The molecule has 0 amide bonds. The number of hydrogen-bond acceptors (Lipinski definition) is 4. The largest absolute Gasteiger partial charge is 0.455 e. The maximum atomic E-state index is 6.89. The van der Waals surface area contributed by atoms with Crippen LogP contribution >= 0.6 is 0 Å². The van der Waals surface area contributed by atoms with Crippen molar-refractivity contribution in [1.29, 1.82) is 0 Å². The van der Waals surface area contributed by atoms with E-state index in [1.807, 2.05) is 42.5 Å². The molecule has 10 aromatic carbocycles. The fourth-order valence-electron chi connectivity index (χ4n) is 10.4. The summed E-state index contributed by atoms with van der Waals surface area (Å²) in [5.74, 6) is 1.82. The first kappa shape index (κ1) is 38.8. The van der Waals surface area contributed by atoms with Gasteiger partial charge in [-0.15, -0.1) is 0 Å². The Hall–Kier alpha value is -9.39. The van der Waals surface area contributed by atoms with Crippen LogP contribution in [0.1, 0.15) is 0 Å². The van der Waals surface area contributed by atoms with Crippen LogP contribution in [0.3, 0.4) is 0 Å². The molecule has 0 aliphatic rings. The molecule has 0 aliphatic carbocycles. The van der Waals surface area contributed by atoms with E-state index in [1.54, 1.807) is 0 Å². The Morgan fingerprint density at radius 1 is 0.304 bits per heavy atom. The Morgan fingerprint density at radius 2 is 0.812 bits per heavy atom. The van der Waals surface area contributed by atoms with Crippen molar-refractivity contribution in [2.75, 3.05) is 0 Å². The molecular formula is C63H39N5O. The Bertz CT molecular complexity index is 4280. The highest BCUT2D eigenvalue weighted by Crippen LogP contribution is 2.46. The second kappa shape index (κ2) is 15.6. The SMILES string of the molecule is c1ccc(-c2ccc(-c3nc(-c4ccccc4)nc(-c4cccc(-n5c6ccccc6c6c7oc8ccccc8c7cc(-c7ccc8c(c7)c7ccccc7n8-c7ccccc7)c65)c4)n3)cc2)cc1. The van der Waals surface area contributed by atoms with Gasteiger partial charge in [0.15, 0.2) is 17.5 Å². The van der Waals surface area contributed by atoms with Gasteiger partial charge < -0.3 is 13.6 Å². The van der Waals surface area contributed by atoms with Crippen LogP contribution in [-0.4, -0.2) is 24.1 Å². The molecule has 0 atom stereocenters. The number of rotatable bonds is 7. The van der Waals surface area contributed by atoms with Gasteiger partial charge in [-0.2, -0.15) is 0 Å². The number of furan rings is 1. The summed E-state index contributed by atoms with van der Waals surface area (Å²) in [7, 11) is 0. The highest BCUT2D eigenvalue weighted by Gasteiger charge is 2.24. The van der Waals surface area contributed by atoms with E-state index in [-0.39, 0.29) is 0 Å². The van der Waals surface area contributed by atoms with Crippen molar-refractivity contribution in [3.05, 3.63) is 237 Å². The third kappa shape index (κ3) is 6.30. The van der Waals surface area contributed by atoms with Crippen LogP contribution in [0.5, 0.6) is 0 Å². The zero-order chi connectivity index (χ0) is 45.4. The highest BCUT2D eigenvalue weighted by molar-refractivity contribution is 6.27. The Kier molecular flexibility index (Phi) is 8.79. The molecule has 0 unspecified atom stereocenters. The molecule has 0 bridgehead atoms. The lowest BCUT2D eigenvalue weighted by Crippen LogP contribution is -2.01. The van der Waals surface area contributed by atoms with Crippen molar-refractivity contribution < 1.29 is 4.42 Å². The van der Waals surface area contributed by atoms with E-state index in [0.717, 1.165) is 99.6 Å². The summed E-state index contributed by atoms with van der Waals surface area (Å²) in [6, 6.07) is 83.3. The lowest BCUT2D eigenvalue weighted by molar-refractivity contribution is 0.673. The van der Waals surface area contributed by atoms with Crippen molar-refractivity contribution in [3.8, 4) is 67.8 Å². The topological polar surface area (TPSA) is 61.7 Å². The Morgan fingerprint density at radius 3 is 1.55 bits per heavy atom. The average Bonchev–Trinajstić information content (AvgIpc) is 4.09. The van der Waals surface area contributed by atoms with Crippen LogP contribution in [0.4, 0.5) is 0 Å². The summed E-state index contributed by atoms with van der Waals surface area (Å²) in [5.41, 5.74) is 15.5. The number of benzene rings is 10. The van der Waals surface area contributed by atoms with Gasteiger partial charge in [-0.05, 0) is 77.4 Å². The van der Waals surface area contributed by atoms with Gasteiger partial charge >= 0.3 is 0 Å². The molecule has 0 radical (unpaired) electrons. The zero-order valence-electron chi connectivity index (χ0n) is 37.2. The predicted octanol–water partition coefficient (Wildman–Crippen LogP) is 16.3. The minimum atomic E-state index is 0.591. The molecule has 6 heteroatoms. The van der Waals surface area contributed by atoms with Crippen molar-refractivity contribution >= 4 is 65.6 Å². The molecule has 0 spiro atoms. The number of fused-ring (bicyclic) bond motifs is 10. The normalized spacial score (nSPS) is 11.8. The lowest BCUT2D eigenvalue weighted by Gasteiger charge is -2.14. The Labute approximate surface area is 396 Å². The highest BCUT2D eigenvalue weighted by atomic mass is 16.3. The number of nitrogens with zero attached hydrogens (tertiary/aromatic N) is 5. The number of aromatic nitrogens is 5. The van der Waals surface area contributed by atoms with Gasteiger partial charge in [-0.1, -0.05) is 176 Å². The quantitative estimate of drug-likeness (QED) is 0.160. The molecule has 0 aliphatic heterocycles. The molecule has 69 heavy (non-hydrogen) atoms. The molecule has 0 saturated carbocycles. The number of hydrogen-bond donors (Lipinski definition) is 0. The summed E-state index contributed by atoms with van der Waals surface area (Å²) >= 11 is 0. The third-order valence-electron chi connectivity index (χ3n) is 13.6. The summed E-state index contributed by atoms with van der Waals surface area (Å²) < 4.78 is 11.7. The molecule has 4 aromatic heterocycles. The minimum absolute atomic E-state index is 0.591. The molecule has 4 heterocycles. The van der Waals surface area contributed by atoms with E-state index in [1.165, 1.54) is 16.3 Å². The van der Waals surface area contributed by atoms with Gasteiger partial charge in [0.05, 0.1) is 27.5 Å². The average molecular weight is 882 g/mol. The summed E-state index contributed by atoms with van der Waals surface area (Å²) in [4.78, 5) is 15.4. The maximum Gasteiger partial charge on any atom is 0.164 e. The fraction of sp³-hybridized carbons (Fsp3) is 0. The van der Waals surface area contributed by atoms with Gasteiger partial charge in [-0.3, -0.25) is 0 Å². The van der Waals surface area contributed by atoms with Crippen molar-refractivity contribution in [3.63, 3.8) is 0 Å². The van der Waals surface area contributed by atoms with E-state index in [0.29, 0.717) is 17.5 Å². The first-order chi connectivity index (χ1) is 34.2. The Balaban J connectivity index is 1.01. The molecule has 0 saturated heterocycles. The van der Waals surface area contributed by atoms with Crippen LogP contribution in [0.25, 0.3) is 133 Å². The molecule has 14 aromatic rings. The van der Waals surface area contributed by atoms with Gasteiger partial charge in [-0.25, -0.2) is 15.0 Å². The van der Waals surface area contributed by atoms with E-state index in [4.69, 9.17) is 19.4 Å². The maximum absolute atomic E-state index is 6.89.